The van der Waals surface area contributed by atoms with Crippen molar-refractivity contribution in [3.63, 3.8) is 0 Å². The van der Waals surface area contributed by atoms with Crippen LogP contribution in [-0.2, 0) is 10.3 Å². The van der Waals surface area contributed by atoms with Crippen LogP contribution in [-0.4, -0.2) is 42.5 Å². The first-order valence-electron chi connectivity index (χ1n) is 8.39. The maximum atomic E-state index is 13.0. The number of nitro groups is 1. The minimum absolute atomic E-state index is 0.305. The molecule has 1 saturated heterocycles. The molecule has 26 heavy (non-hydrogen) atoms. The highest BCUT2D eigenvalue weighted by molar-refractivity contribution is 6.06. The lowest BCUT2D eigenvalue weighted by molar-refractivity contribution is -0.534. The van der Waals surface area contributed by atoms with Crippen molar-refractivity contribution in [1.82, 2.24) is 4.90 Å². The molecule has 134 valence electrons. The van der Waals surface area contributed by atoms with Crippen LogP contribution in [0.5, 0.6) is 5.75 Å². The summed E-state index contributed by atoms with van der Waals surface area (Å²) < 4.78 is 5.18. The second-order valence-electron chi connectivity index (χ2n) is 6.76. The molecule has 7 heteroatoms. The largest absolute Gasteiger partial charge is 0.497 e. The quantitative estimate of drug-likeness (QED) is 0.676. The van der Waals surface area contributed by atoms with E-state index in [9.17, 15) is 14.9 Å². The van der Waals surface area contributed by atoms with Gasteiger partial charge in [0.05, 0.1) is 13.0 Å². The fourth-order valence-corrected chi connectivity index (χ4v) is 4.43. The number of hydrogen-bond acceptors (Lipinski definition) is 5. The van der Waals surface area contributed by atoms with E-state index >= 15 is 0 Å². The number of fused-ring (bicyclic) bond motifs is 2. The Kier molecular flexibility index (Phi) is 3.69. The summed E-state index contributed by atoms with van der Waals surface area (Å²) in [7, 11) is 3.36. The van der Waals surface area contributed by atoms with Gasteiger partial charge in [-0.25, -0.2) is 0 Å². The van der Waals surface area contributed by atoms with Crippen molar-refractivity contribution >= 4 is 11.6 Å². The molecule has 0 unspecified atom stereocenters. The second kappa shape index (κ2) is 5.81. The zero-order chi connectivity index (χ0) is 18.5. The Morgan fingerprint density at radius 3 is 2.58 bits per heavy atom. The number of hydrogen-bond donors (Lipinski definition) is 1. The maximum absolute atomic E-state index is 13.0. The molecule has 7 nitrogen and oxygen atoms in total. The molecular formula is C19H19N3O4. The summed E-state index contributed by atoms with van der Waals surface area (Å²) in [5.41, 5.74) is 0.843. The molecule has 3 atom stereocenters. The number of likely N-dealkylation sites (N-methyl/N-ethyl adjacent to an activating group) is 1. The van der Waals surface area contributed by atoms with E-state index in [0.717, 1.165) is 5.56 Å². The van der Waals surface area contributed by atoms with E-state index in [1.54, 1.807) is 38.4 Å². The van der Waals surface area contributed by atoms with Crippen molar-refractivity contribution in [2.45, 2.75) is 17.5 Å². The van der Waals surface area contributed by atoms with Crippen LogP contribution in [0.4, 0.5) is 5.69 Å². The molecule has 1 N–H and O–H groups in total. The fourth-order valence-electron chi connectivity index (χ4n) is 4.43. The first kappa shape index (κ1) is 16.5. The highest BCUT2D eigenvalue weighted by atomic mass is 16.6. The Hall–Kier alpha value is -2.93. The van der Waals surface area contributed by atoms with Crippen LogP contribution in [0.3, 0.4) is 0 Å². The standard InChI is InChI=1S/C19H19N3O4/c1-21-11-14(12-7-9-13(26-2)10-8-12)17(22(24)25)19(21)15-5-3-4-6-16(15)20-18(19)23/h3-10,14,17H,11H2,1-2H3,(H,20,23)/t14-,17-,19-/m0/s1. The van der Waals surface area contributed by atoms with E-state index < -0.39 is 17.5 Å². The molecule has 0 saturated carbocycles. The van der Waals surface area contributed by atoms with Gasteiger partial charge in [0, 0.05) is 22.7 Å². The van der Waals surface area contributed by atoms with Gasteiger partial charge in [0.15, 0.2) is 5.54 Å². The predicted molar refractivity (Wildman–Crippen MR) is 95.9 cm³/mol. The van der Waals surface area contributed by atoms with Crippen LogP contribution in [0.25, 0.3) is 0 Å². The SMILES string of the molecule is COc1ccc([C@@H]2CN(C)[C@]3(C(=O)Nc4ccccc43)[C@H]2[N+](=O)[O-])cc1. The Labute approximate surface area is 150 Å². The van der Waals surface area contributed by atoms with Gasteiger partial charge in [-0.2, -0.15) is 0 Å². The van der Waals surface area contributed by atoms with Crippen molar-refractivity contribution in [3.05, 3.63) is 69.8 Å². The second-order valence-corrected chi connectivity index (χ2v) is 6.76. The minimum Gasteiger partial charge on any atom is -0.497 e. The van der Waals surface area contributed by atoms with Crippen molar-refractivity contribution in [1.29, 1.82) is 0 Å². The van der Waals surface area contributed by atoms with E-state index in [2.05, 4.69) is 5.32 Å². The molecule has 0 aromatic heterocycles. The molecule has 4 rings (SSSR count). The number of amides is 1. The molecule has 0 bridgehead atoms. The highest BCUT2D eigenvalue weighted by Gasteiger charge is 2.68. The molecule has 2 heterocycles. The van der Waals surface area contributed by atoms with Gasteiger partial charge < -0.3 is 10.1 Å². The molecule has 1 fully saturated rings. The summed E-state index contributed by atoms with van der Waals surface area (Å²) in [5, 5.41) is 15.0. The van der Waals surface area contributed by atoms with Gasteiger partial charge in [-0.05, 0) is 30.8 Å². The van der Waals surface area contributed by atoms with Gasteiger partial charge in [0.2, 0.25) is 0 Å². The van der Waals surface area contributed by atoms with Crippen LogP contribution in [0.1, 0.15) is 17.0 Å². The number of benzene rings is 2. The van der Waals surface area contributed by atoms with Gasteiger partial charge in [0.1, 0.15) is 5.75 Å². The number of nitrogens with zero attached hydrogens (tertiary/aromatic N) is 2. The van der Waals surface area contributed by atoms with E-state index in [0.29, 0.717) is 23.5 Å². The zero-order valence-electron chi connectivity index (χ0n) is 14.5. The number of anilines is 1. The predicted octanol–water partition coefficient (Wildman–Crippen LogP) is 2.22. The average molecular weight is 353 g/mol. The highest BCUT2D eigenvalue weighted by Crippen LogP contribution is 2.51. The fraction of sp³-hybridized carbons (Fsp3) is 0.316. The van der Waals surface area contributed by atoms with Crippen LogP contribution in [0.2, 0.25) is 0 Å². The third-order valence-corrected chi connectivity index (χ3v) is 5.58. The summed E-state index contributed by atoms with van der Waals surface area (Å²) in [4.78, 5) is 26.6. The zero-order valence-corrected chi connectivity index (χ0v) is 14.5. The lowest BCUT2D eigenvalue weighted by atomic mass is 9.79. The van der Waals surface area contributed by atoms with Crippen LogP contribution < -0.4 is 10.1 Å². The van der Waals surface area contributed by atoms with Crippen molar-refractivity contribution < 1.29 is 14.5 Å². The van der Waals surface area contributed by atoms with E-state index in [1.807, 2.05) is 29.2 Å². The van der Waals surface area contributed by atoms with Crippen molar-refractivity contribution in [2.75, 3.05) is 26.0 Å². The number of carbonyl (C=O) groups excluding carboxylic acids is 1. The number of para-hydroxylation sites is 1. The number of ether oxygens (including phenoxy) is 1. The van der Waals surface area contributed by atoms with Crippen LogP contribution in [0, 0.1) is 10.1 Å². The first-order valence-corrected chi connectivity index (χ1v) is 8.39. The Balaban J connectivity index is 1.86. The van der Waals surface area contributed by atoms with Gasteiger partial charge in [-0.15, -0.1) is 0 Å². The monoisotopic (exact) mass is 353 g/mol. The van der Waals surface area contributed by atoms with Gasteiger partial charge in [-0.3, -0.25) is 19.8 Å². The number of methoxy groups -OCH3 is 1. The summed E-state index contributed by atoms with van der Waals surface area (Å²) in [6.07, 6.45) is 0. The normalized spacial score (nSPS) is 27.4. The number of rotatable bonds is 3. The lowest BCUT2D eigenvalue weighted by Crippen LogP contribution is -2.54. The topological polar surface area (TPSA) is 84.7 Å². The Morgan fingerprint density at radius 1 is 1.23 bits per heavy atom. The van der Waals surface area contributed by atoms with Gasteiger partial charge in [-0.1, -0.05) is 30.3 Å². The maximum Gasteiger partial charge on any atom is 0.256 e. The summed E-state index contributed by atoms with van der Waals surface area (Å²) >= 11 is 0. The average Bonchev–Trinajstić information content (AvgIpc) is 3.11. The van der Waals surface area contributed by atoms with Gasteiger partial charge in [0.25, 0.3) is 11.9 Å². The smallest absolute Gasteiger partial charge is 0.256 e. The molecular weight excluding hydrogens is 334 g/mol. The van der Waals surface area contributed by atoms with Crippen molar-refractivity contribution in [2.24, 2.45) is 0 Å². The summed E-state index contributed by atoms with van der Waals surface area (Å²) in [5.74, 6) is -0.0480. The molecule has 2 aliphatic rings. The third kappa shape index (κ3) is 2.07. The van der Waals surface area contributed by atoms with Crippen LogP contribution in [0.15, 0.2) is 48.5 Å². The molecule has 0 aliphatic carbocycles. The number of carbonyl (C=O) groups is 1. The molecule has 0 radical (unpaired) electrons. The molecule has 1 spiro atoms. The number of nitrogens with one attached hydrogen (secondary N) is 1. The first-order chi connectivity index (χ1) is 12.5. The van der Waals surface area contributed by atoms with E-state index in [-0.39, 0.29) is 10.8 Å². The van der Waals surface area contributed by atoms with Crippen LogP contribution >= 0.6 is 0 Å². The third-order valence-electron chi connectivity index (χ3n) is 5.58. The summed E-state index contributed by atoms with van der Waals surface area (Å²) in [6.45, 7) is 0.416. The molecule has 2 aliphatic heterocycles. The minimum atomic E-state index is -1.30. The molecule has 1 amide bonds. The lowest BCUT2D eigenvalue weighted by Gasteiger charge is -2.30. The summed E-state index contributed by atoms with van der Waals surface area (Å²) in [6, 6.07) is 13.4. The Bertz CT molecular complexity index is 883. The van der Waals surface area contributed by atoms with E-state index in [1.165, 1.54) is 0 Å². The van der Waals surface area contributed by atoms with Gasteiger partial charge >= 0.3 is 0 Å². The van der Waals surface area contributed by atoms with Crippen molar-refractivity contribution in [3.8, 4) is 5.75 Å². The molecule has 2 aromatic carbocycles. The molecule has 2 aromatic rings. The Morgan fingerprint density at radius 2 is 1.92 bits per heavy atom. The number of likely N-dealkylation sites (tertiary alicyclic amines) is 1. The van der Waals surface area contributed by atoms with E-state index in [4.69, 9.17) is 4.74 Å².